The zero-order chi connectivity index (χ0) is 23.0. The first-order chi connectivity index (χ1) is 15.2. The quantitative estimate of drug-likeness (QED) is 0.490. The number of nitrogens with zero attached hydrogens (tertiary/aromatic N) is 3. The number of nitrogens with one attached hydrogen (secondary N) is 1. The number of nitro groups is 1. The molecule has 1 N–H and O–H groups in total. The largest absolute Gasteiger partial charge is 0.417 e. The lowest BCUT2D eigenvalue weighted by molar-refractivity contribution is -0.384. The SMILES string of the molecule is O=C(c1ccccc1C(F)(F)F)N1CCN(C(=O)c2c[nH]c3ccc([N+](=O)[O-])cc23)CC1. The van der Waals surface area contributed by atoms with Crippen molar-refractivity contribution in [1.29, 1.82) is 0 Å². The molecule has 0 atom stereocenters. The highest BCUT2D eigenvalue weighted by Crippen LogP contribution is 2.32. The molecule has 1 aliphatic rings. The number of aromatic amines is 1. The minimum Gasteiger partial charge on any atom is -0.360 e. The predicted octanol–water partition coefficient (Wildman–Crippen LogP) is 3.69. The average Bonchev–Trinajstić information content (AvgIpc) is 3.21. The molecule has 0 aliphatic carbocycles. The van der Waals surface area contributed by atoms with E-state index in [1.165, 1.54) is 46.3 Å². The number of carbonyl (C=O) groups excluding carboxylic acids is 2. The molecule has 2 amide bonds. The molecule has 1 aliphatic heterocycles. The molecule has 1 saturated heterocycles. The van der Waals surface area contributed by atoms with Gasteiger partial charge < -0.3 is 14.8 Å². The van der Waals surface area contributed by atoms with Crippen LogP contribution in [0.2, 0.25) is 0 Å². The highest BCUT2D eigenvalue weighted by Gasteiger charge is 2.36. The van der Waals surface area contributed by atoms with Crippen LogP contribution in [-0.4, -0.2) is 57.7 Å². The average molecular weight is 446 g/mol. The Bertz CT molecular complexity index is 1210. The number of alkyl halides is 3. The molecule has 8 nitrogen and oxygen atoms in total. The molecule has 0 radical (unpaired) electrons. The van der Waals surface area contributed by atoms with Gasteiger partial charge in [0.15, 0.2) is 0 Å². The van der Waals surface area contributed by atoms with E-state index < -0.39 is 28.1 Å². The minimum absolute atomic E-state index is 0.0687. The molecule has 0 unspecified atom stereocenters. The number of benzene rings is 2. The Hall–Kier alpha value is -3.89. The zero-order valence-electron chi connectivity index (χ0n) is 16.6. The molecule has 2 heterocycles. The fourth-order valence-corrected chi connectivity index (χ4v) is 3.77. The van der Waals surface area contributed by atoms with Crippen LogP contribution < -0.4 is 0 Å². The number of rotatable bonds is 3. The fraction of sp³-hybridized carbons (Fsp3) is 0.238. The first-order valence-electron chi connectivity index (χ1n) is 9.67. The second-order valence-electron chi connectivity index (χ2n) is 7.32. The highest BCUT2D eigenvalue weighted by molar-refractivity contribution is 6.07. The summed E-state index contributed by atoms with van der Waals surface area (Å²) in [6.07, 6.45) is -3.18. The molecule has 1 fully saturated rings. The van der Waals surface area contributed by atoms with Gasteiger partial charge in [-0.3, -0.25) is 19.7 Å². The Morgan fingerprint density at radius 3 is 2.12 bits per heavy atom. The van der Waals surface area contributed by atoms with E-state index in [0.29, 0.717) is 10.9 Å². The van der Waals surface area contributed by atoms with E-state index >= 15 is 0 Å². The van der Waals surface area contributed by atoms with E-state index in [-0.39, 0.29) is 43.3 Å². The van der Waals surface area contributed by atoms with Crippen LogP contribution in [-0.2, 0) is 6.18 Å². The van der Waals surface area contributed by atoms with E-state index in [1.54, 1.807) is 0 Å². The third-order valence-corrected chi connectivity index (χ3v) is 5.42. The number of nitro benzene ring substituents is 1. The van der Waals surface area contributed by atoms with Crippen LogP contribution in [0, 0.1) is 10.1 Å². The molecule has 0 saturated carbocycles. The number of aromatic nitrogens is 1. The van der Waals surface area contributed by atoms with Gasteiger partial charge in [-0.15, -0.1) is 0 Å². The first kappa shape index (κ1) is 21.3. The highest BCUT2D eigenvalue weighted by atomic mass is 19.4. The van der Waals surface area contributed by atoms with Crippen molar-refractivity contribution in [2.24, 2.45) is 0 Å². The first-order valence-corrected chi connectivity index (χ1v) is 9.67. The number of carbonyl (C=O) groups is 2. The van der Waals surface area contributed by atoms with E-state index in [2.05, 4.69) is 4.98 Å². The molecular weight excluding hydrogens is 429 g/mol. The van der Waals surface area contributed by atoms with Gasteiger partial charge in [0.25, 0.3) is 17.5 Å². The molecule has 1 aromatic heterocycles. The van der Waals surface area contributed by atoms with Crippen molar-refractivity contribution in [2.75, 3.05) is 26.2 Å². The fourth-order valence-electron chi connectivity index (χ4n) is 3.77. The lowest BCUT2D eigenvalue weighted by Crippen LogP contribution is -2.50. The molecule has 0 spiro atoms. The predicted molar refractivity (Wildman–Crippen MR) is 108 cm³/mol. The molecule has 11 heteroatoms. The van der Waals surface area contributed by atoms with Crippen LogP contribution in [0.25, 0.3) is 10.9 Å². The van der Waals surface area contributed by atoms with Crippen molar-refractivity contribution in [3.8, 4) is 0 Å². The van der Waals surface area contributed by atoms with Gasteiger partial charge in [0.1, 0.15) is 0 Å². The Kier molecular flexibility index (Phi) is 5.33. The van der Waals surface area contributed by atoms with Crippen molar-refractivity contribution in [3.05, 3.63) is 75.5 Å². The summed E-state index contributed by atoms with van der Waals surface area (Å²) in [7, 11) is 0. The van der Waals surface area contributed by atoms with E-state index in [9.17, 15) is 32.9 Å². The second-order valence-corrected chi connectivity index (χ2v) is 7.32. The van der Waals surface area contributed by atoms with Gasteiger partial charge in [0.05, 0.1) is 21.6 Å². The van der Waals surface area contributed by atoms with E-state index in [1.807, 2.05) is 0 Å². The van der Waals surface area contributed by atoms with Gasteiger partial charge in [-0.05, 0) is 18.2 Å². The minimum atomic E-state index is -4.65. The Balaban J connectivity index is 1.49. The molecule has 4 rings (SSSR count). The maximum atomic E-state index is 13.2. The van der Waals surface area contributed by atoms with Crippen LogP contribution in [0.15, 0.2) is 48.7 Å². The number of H-pyrrole nitrogens is 1. The number of halogens is 3. The smallest absolute Gasteiger partial charge is 0.360 e. The summed E-state index contributed by atoms with van der Waals surface area (Å²) < 4.78 is 39.7. The number of hydrogen-bond acceptors (Lipinski definition) is 4. The van der Waals surface area contributed by atoms with Crippen LogP contribution in [0.1, 0.15) is 26.3 Å². The number of amides is 2. The summed E-state index contributed by atoms with van der Waals surface area (Å²) in [6.45, 7) is 0.388. The second kappa shape index (κ2) is 7.98. The van der Waals surface area contributed by atoms with Crippen molar-refractivity contribution in [3.63, 3.8) is 0 Å². The number of fused-ring (bicyclic) bond motifs is 1. The molecule has 3 aromatic rings. The monoisotopic (exact) mass is 446 g/mol. The Labute approximate surface area is 179 Å². The van der Waals surface area contributed by atoms with Gasteiger partial charge in [0, 0.05) is 55.4 Å². The number of piperazine rings is 1. The summed E-state index contributed by atoms with van der Waals surface area (Å²) in [5, 5.41) is 11.4. The summed E-state index contributed by atoms with van der Waals surface area (Å²) in [5.41, 5.74) is -0.750. The van der Waals surface area contributed by atoms with Crippen molar-refractivity contribution in [2.45, 2.75) is 6.18 Å². The van der Waals surface area contributed by atoms with E-state index in [0.717, 1.165) is 12.1 Å². The molecule has 2 aromatic carbocycles. The van der Waals surface area contributed by atoms with Gasteiger partial charge >= 0.3 is 6.18 Å². The van der Waals surface area contributed by atoms with Gasteiger partial charge in [-0.1, -0.05) is 12.1 Å². The van der Waals surface area contributed by atoms with Crippen molar-refractivity contribution < 1.29 is 27.7 Å². The van der Waals surface area contributed by atoms with Gasteiger partial charge in [-0.2, -0.15) is 13.2 Å². The van der Waals surface area contributed by atoms with Crippen molar-refractivity contribution in [1.82, 2.24) is 14.8 Å². The molecule has 166 valence electrons. The Morgan fingerprint density at radius 2 is 1.53 bits per heavy atom. The Morgan fingerprint density at radius 1 is 0.938 bits per heavy atom. The van der Waals surface area contributed by atoms with Crippen LogP contribution in [0.5, 0.6) is 0 Å². The summed E-state index contributed by atoms with van der Waals surface area (Å²) >= 11 is 0. The lowest BCUT2D eigenvalue weighted by Gasteiger charge is -2.35. The lowest BCUT2D eigenvalue weighted by atomic mass is 10.1. The summed E-state index contributed by atoms with van der Waals surface area (Å²) in [6, 6.07) is 8.76. The maximum Gasteiger partial charge on any atom is 0.417 e. The van der Waals surface area contributed by atoms with Gasteiger partial charge in [0.2, 0.25) is 0 Å². The van der Waals surface area contributed by atoms with Crippen LogP contribution in [0.4, 0.5) is 18.9 Å². The van der Waals surface area contributed by atoms with Crippen LogP contribution >= 0.6 is 0 Å². The molecule has 32 heavy (non-hydrogen) atoms. The molecular formula is C21H17F3N4O4. The number of non-ortho nitro benzene ring substituents is 1. The standard InChI is InChI=1S/C21H17F3N4O4/c22-21(23,24)17-4-2-1-3-14(17)19(29)26-7-9-27(10-8-26)20(30)16-12-25-18-6-5-13(28(31)32)11-15(16)18/h1-6,11-12,25H,7-10H2. The summed E-state index contributed by atoms with van der Waals surface area (Å²) in [4.78, 5) is 41.8. The molecule has 0 bridgehead atoms. The normalized spacial score (nSPS) is 14.6. The van der Waals surface area contributed by atoms with Crippen molar-refractivity contribution >= 4 is 28.4 Å². The summed E-state index contributed by atoms with van der Waals surface area (Å²) in [5.74, 6) is -1.12. The van der Waals surface area contributed by atoms with E-state index in [4.69, 9.17) is 0 Å². The van der Waals surface area contributed by atoms with Crippen LogP contribution in [0.3, 0.4) is 0 Å². The third kappa shape index (κ3) is 3.88. The van der Waals surface area contributed by atoms with Gasteiger partial charge in [-0.25, -0.2) is 0 Å². The maximum absolute atomic E-state index is 13.2. The third-order valence-electron chi connectivity index (χ3n) is 5.42. The zero-order valence-corrected chi connectivity index (χ0v) is 16.6. The topological polar surface area (TPSA) is 99.6 Å². The number of hydrogen-bond donors (Lipinski definition) is 1.